The van der Waals surface area contributed by atoms with Crippen molar-refractivity contribution >= 4 is 5.91 Å². The zero-order valence-corrected chi connectivity index (χ0v) is 12.8. The quantitative estimate of drug-likeness (QED) is 0.852. The molecule has 1 aromatic carbocycles. The van der Waals surface area contributed by atoms with Crippen LogP contribution >= 0.6 is 0 Å². The van der Waals surface area contributed by atoms with E-state index in [-0.39, 0.29) is 17.9 Å². The molecule has 21 heavy (non-hydrogen) atoms. The molecule has 0 aromatic heterocycles. The van der Waals surface area contributed by atoms with Gasteiger partial charge in [0.2, 0.25) is 5.91 Å². The molecule has 4 nitrogen and oxygen atoms in total. The number of carbonyl (C=O) groups is 1. The normalized spacial score (nSPS) is 18.8. The number of hydrogen-bond donors (Lipinski definition) is 0. The van der Waals surface area contributed by atoms with E-state index in [1.165, 1.54) is 0 Å². The minimum Gasteiger partial charge on any atom is -0.340 e. The van der Waals surface area contributed by atoms with E-state index >= 15 is 0 Å². The Morgan fingerprint density at radius 2 is 1.86 bits per heavy atom. The lowest BCUT2D eigenvalue weighted by Gasteiger charge is -2.37. The van der Waals surface area contributed by atoms with E-state index in [1.54, 1.807) is 0 Å². The van der Waals surface area contributed by atoms with E-state index in [9.17, 15) is 4.79 Å². The summed E-state index contributed by atoms with van der Waals surface area (Å²) in [4.78, 5) is 16.7. The van der Waals surface area contributed by atoms with Crippen molar-refractivity contribution in [3.05, 3.63) is 35.9 Å². The van der Waals surface area contributed by atoms with Crippen LogP contribution in [0.5, 0.6) is 0 Å². The molecule has 112 valence electrons. The van der Waals surface area contributed by atoms with E-state index in [2.05, 4.69) is 11.0 Å². The maximum absolute atomic E-state index is 12.6. The van der Waals surface area contributed by atoms with E-state index in [0.717, 1.165) is 25.1 Å². The van der Waals surface area contributed by atoms with Crippen molar-refractivity contribution in [1.29, 1.82) is 5.26 Å². The molecule has 0 aliphatic carbocycles. The van der Waals surface area contributed by atoms with Crippen LogP contribution in [0.3, 0.4) is 0 Å². The Morgan fingerprint density at radius 3 is 2.38 bits per heavy atom. The lowest BCUT2D eigenvalue weighted by Crippen LogP contribution is -2.52. The van der Waals surface area contributed by atoms with Gasteiger partial charge >= 0.3 is 0 Å². The number of piperazine rings is 1. The van der Waals surface area contributed by atoms with Gasteiger partial charge in [-0.05, 0) is 18.9 Å². The van der Waals surface area contributed by atoms with Crippen LogP contribution in [-0.4, -0.2) is 47.9 Å². The minimum absolute atomic E-state index is 0.0196. The maximum Gasteiger partial charge on any atom is 0.229 e. The number of carbonyl (C=O) groups excluding carboxylic acids is 1. The van der Waals surface area contributed by atoms with Crippen molar-refractivity contribution in [3.8, 4) is 6.07 Å². The predicted octanol–water partition coefficient (Wildman–Crippen LogP) is 2.24. The van der Waals surface area contributed by atoms with Gasteiger partial charge in [0.1, 0.15) is 0 Å². The maximum atomic E-state index is 12.6. The van der Waals surface area contributed by atoms with Gasteiger partial charge in [-0.15, -0.1) is 0 Å². The Bertz CT molecular complexity index is 501. The van der Waals surface area contributed by atoms with Crippen molar-refractivity contribution in [2.75, 3.05) is 26.2 Å². The number of nitrogens with zero attached hydrogens (tertiary/aromatic N) is 3. The number of nitriles is 1. The average molecular weight is 285 g/mol. The number of benzene rings is 1. The first kappa shape index (κ1) is 15.5. The van der Waals surface area contributed by atoms with Crippen LogP contribution in [0.2, 0.25) is 0 Å². The zero-order valence-electron chi connectivity index (χ0n) is 12.8. The average Bonchev–Trinajstić information content (AvgIpc) is 2.56. The molecule has 1 saturated heterocycles. The molecule has 1 aromatic rings. The fourth-order valence-corrected chi connectivity index (χ4v) is 2.84. The van der Waals surface area contributed by atoms with Crippen molar-refractivity contribution in [2.45, 2.75) is 32.2 Å². The van der Waals surface area contributed by atoms with E-state index in [4.69, 9.17) is 5.26 Å². The predicted molar refractivity (Wildman–Crippen MR) is 82.7 cm³/mol. The summed E-state index contributed by atoms with van der Waals surface area (Å²) in [7, 11) is 0. The van der Waals surface area contributed by atoms with Crippen LogP contribution < -0.4 is 0 Å². The fraction of sp³-hybridized carbons (Fsp3) is 0.529. The largest absolute Gasteiger partial charge is 0.340 e. The standard InChI is InChI=1S/C17H23N3O/c1-3-16(13-18)19-9-11-20(12-10-19)17(21)14(2)15-7-5-4-6-8-15/h4-8,14,16H,3,9-12H2,1-2H3. The second-order valence-corrected chi connectivity index (χ2v) is 5.55. The second-order valence-electron chi connectivity index (χ2n) is 5.55. The van der Waals surface area contributed by atoms with Gasteiger partial charge in [0.15, 0.2) is 0 Å². The third-order valence-corrected chi connectivity index (χ3v) is 4.27. The molecule has 1 aliphatic rings. The highest BCUT2D eigenvalue weighted by molar-refractivity contribution is 5.83. The molecule has 0 bridgehead atoms. The molecule has 0 radical (unpaired) electrons. The highest BCUT2D eigenvalue weighted by Gasteiger charge is 2.27. The van der Waals surface area contributed by atoms with Crippen molar-refractivity contribution in [1.82, 2.24) is 9.80 Å². The number of rotatable bonds is 4. The monoisotopic (exact) mass is 285 g/mol. The molecule has 2 rings (SSSR count). The Balaban J connectivity index is 1.93. The lowest BCUT2D eigenvalue weighted by molar-refractivity contribution is -0.134. The molecule has 0 saturated carbocycles. The lowest BCUT2D eigenvalue weighted by atomic mass is 9.99. The van der Waals surface area contributed by atoms with Gasteiger partial charge in [-0.1, -0.05) is 37.3 Å². The first-order valence-electron chi connectivity index (χ1n) is 7.64. The van der Waals surface area contributed by atoms with Gasteiger partial charge in [0.25, 0.3) is 0 Å². The van der Waals surface area contributed by atoms with Crippen LogP contribution in [0, 0.1) is 11.3 Å². The Morgan fingerprint density at radius 1 is 1.24 bits per heavy atom. The van der Waals surface area contributed by atoms with Gasteiger partial charge in [-0.25, -0.2) is 0 Å². The Kier molecular flexibility index (Phi) is 5.35. The summed E-state index contributed by atoms with van der Waals surface area (Å²) in [6, 6.07) is 12.2. The summed E-state index contributed by atoms with van der Waals surface area (Å²) in [5.41, 5.74) is 1.06. The molecule has 2 atom stereocenters. The summed E-state index contributed by atoms with van der Waals surface area (Å²) in [6.45, 7) is 7.01. The first-order chi connectivity index (χ1) is 10.2. The Hall–Kier alpha value is -1.86. The van der Waals surface area contributed by atoms with E-state index in [1.807, 2.05) is 49.1 Å². The molecule has 1 aliphatic heterocycles. The Labute approximate surface area is 127 Å². The van der Waals surface area contributed by atoms with Crippen LogP contribution in [0.4, 0.5) is 0 Å². The highest BCUT2D eigenvalue weighted by Crippen LogP contribution is 2.19. The minimum atomic E-state index is -0.101. The smallest absolute Gasteiger partial charge is 0.229 e. The summed E-state index contributed by atoms with van der Waals surface area (Å²) < 4.78 is 0. The summed E-state index contributed by atoms with van der Waals surface area (Å²) >= 11 is 0. The molecule has 1 amide bonds. The molecular weight excluding hydrogens is 262 g/mol. The fourth-order valence-electron chi connectivity index (χ4n) is 2.84. The third-order valence-electron chi connectivity index (χ3n) is 4.27. The van der Waals surface area contributed by atoms with Crippen LogP contribution in [0.15, 0.2) is 30.3 Å². The van der Waals surface area contributed by atoms with Gasteiger partial charge in [0.05, 0.1) is 18.0 Å². The molecule has 1 fully saturated rings. The van der Waals surface area contributed by atoms with Crippen molar-refractivity contribution in [3.63, 3.8) is 0 Å². The van der Waals surface area contributed by atoms with E-state index in [0.29, 0.717) is 13.1 Å². The van der Waals surface area contributed by atoms with Gasteiger partial charge < -0.3 is 4.90 Å². The molecule has 0 N–H and O–H groups in total. The molecule has 2 unspecified atom stereocenters. The van der Waals surface area contributed by atoms with Crippen LogP contribution in [0.25, 0.3) is 0 Å². The molecule has 4 heteroatoms. The first-order valence-corrected chi connectivity index (χ1v) is 7.64. The number of hydrogen-bond acceptors (Lipinski definition) is 3. The van der Waals surface area contributed by atoms with Crippen molar-refractivity contribution in [2.24, 2.45) is 0 Å². The van der Waals surface area contributed by atoms with Gasteiger partial charge in [-0.3, -0.25) is 9.69 Å². The zero-order chi connectivity index (χ0) is 15.2. The third kappa shape index (κ3) is 3.62. The molecular formula is C17H23N3O. The SMILES string of the molecule is CCC(C#N)N1CCN(C(=O)C(C)c2ccccc2)CC1. The summed E-state index contributed by atoms with van der Waals surface area (Å²) in [5.74, 6) is 0.0848. The van der Waals surface area contributed by atoms with Gasteiger partial charge in [-0.2, -0.15) is 5.26 Å². The molecule has 1 heterocycles. The van der Waals surface area contributed by atoms with Crippen LogP contribution in [0.1, 0.15) is 31.7 Å². The summed E-state index contributed by atoms with van der Waals surface area (Å²) in [6.07, 6.45) is 0.838. The second kappa shape index (κ2) is 7.24. The van der Waals surface area contributed by atoms with Crippen molar-refractivity contribution < 1.29 is 4.79 Å². The summed E-state index contributed by atoms with van der Waals surface area (Å²) in [5, 5.41) is 9.12. The van der Waals surface area contributed by atoms with E-state index < -0.39 is 0 Å². The highest BCUT2D eigenvalue weighted by atomic mass is 16.2. The van der Waals surface area contributed by atoms with Crippen LogP contribution in [-0.2, 0) is 4.79 Å². The molecule has 0 spiro atoms. The number of amides is 1. The topological polar surface area (TPSA) is 47.3 Å². The van der Waals surface area contributed by atoms with Gasteiger partial charge in [0, 0.05) is 26.2 Å².